The van der Waals surface area contributed by atoms with Crippen LogP contribution in [-0.4, -0.2) is 36.1 Å². The summed E-state index contributed by atoms with van der Waals surface area (Å²) in [5.74, 6) is 2.86. The Bertz CT molecular complexity index is 306. The van der Waals surface area contributed by atoms with Gasteiger partial charge in [-0.25, -0.2) is 0 Å². The maximum atomic E-state index is 5.53. The van der Waals surface area contributed by atoms with E-state index in [4.69, 9.17) is 6.42 Å². The molecule has 1 unspecified atom stereocenters. The number of rotatable bonds is 7. The van der Waals surface area contributed by atoms with Crippen molar-refractivity contribution in [2.24, 2.45) is 0 Å². The van der Waals surface area contributed by atoms with Crippen molar-refractivity contribution in [1.29, 1.82) is 0 Å². The molecule has 114 valence electrons. The summed E-state index contributed by atoms with van der Waals surface area (Å²) in [6.45, 7) is 6.00. The van der Waals surface area contributed by atoms with E-state index in [2.05, 4.69) is 23.1 Å². The molecule has 1 N–H and O–H groups in total. The first-order chi connectivity index (χ1) is 9.83. The van der Waals surface area contributed by atoms with Crippen molar-refractivity contribution in [3.8, 4) is 12.3 Å². The third kappa shape index (κ3) is 3.57. The highest BCUT2D eigenvalue weighted by molar-refractivity contribution is 5.05. The van der Waals surface area contributed by atoms with E-state index in [0.717, 1.165) is 19.4 Å². The van der Waals surface area contributed by atoms with Crippen molar-refractivity contribution in [3.05, 3.63) is 0 Å². The highest BCUT2D eigenvalue weighted by Gasteiger charge is 2.45. The van der Waals surface area contributed by atoms with Crippen LogP contribution < -0.4 is 5.32 Å². The molecule has 2 rings (SSSR count). The summed E-state index contributed by atoms with van der Waals surface area (Å²) in [4.78, 5) is 2.83. The van der Waals surface area contributed by atoms with Crippen LogP contribution in [0.25, 0.3) is 0 Å². The van der Waals surface area contributed by atoms with Crippen LogP contribution in [0.3, 0.4) is 0 Å². The first-order valence-electron chi connectivity index (χ1n) is 8.75. The molecule has 0 spiro atoms. The number of terminal acetylenes is 1. The van der Waals surface area contributed by atoms with Crippen molar-refractivity contribution in [3.63, 3.8) is 0 Å². The van der Waals surface area contributed by atoms with Gasteiger partial charge in [0.05, 0.1) is 0 Å². The molecule has 1 saturated carbocycles. The molecule has 0 bridgehead atoms. The summed E-state index contributed by atoms with van der Waals surface area (Å²) in [6.07, 6.45) is 18.5. The number of nitrogens with one attached hydrogen (secondary N) is 1. The summed E-state index contributed by atoms with van der Waals surface area (Å²) >= 11 is 0. The number of nitrogens with zero attached hydrogens (tertiary/aromatic N) is 1. The average molecular weight is 276 g/mol. The average Bonchev–Trinajstić information content (AvgIpc) is 2.99. The van der Waals surface area contributed by atoms with E-state index in [1.807, 2.05) is 0 Å². The van der Waals surface area contributed by atoms with E-state index >= 15 is 0 Å². The normalized spacial score (nSPS) is 24.4. The lowest BCUT2D eigenvalue weighted by Gasteiger charge is -2.49. The zero-order valence-corrected chi connectivity index (χ0v) is 13.3. The second-order valence-electron chi connectivity index (χ2n) is 6.61. The fraction of sp³-hybridized carbons (Fsp3) is 0.889. The van der Waals surface area contributed by atoms with E-state index in [1.54, 1.807) is 0 Å². The Morgan fingerprint density at radius 2 is 1.85 bits per heavy atom. The van der Waals surface area contributed by atoms with Crippen LogP contribution in [0, 0.1) is 12.3 Å². The van der Waals surface area contributed by atoms with Crippen molar-refractivity contribution in [1.82, 2.24) is 10.2 Å². The second-order valence-corrected chi connectivity index (χ2v) is 6.61. The number of hydrogen-bond donors (Lipinski definition) is 1. The quantitative estimate of drug-likeness (QED) is 0.715. The Labute approximate surface area is 125 Å². The Morgan fingerprint density at radius 3 is 2.45 bits per heavy atom. The van der Waals surface area contributed by atoms with E-state index in [0.29, 0.717) is 11.6 Å². The van der Waals surface area contributed by atoms with E-state index in [1.165, 1.54) is 64.5 Å². The number of hydrogen-bond acceptors (Lipinski definition) is 2. The van der Waals surface area contributed by atoms with Crippen LogP contribution in [0.1, 0.15) is 71.1 Å². The van der Waals surface area contributed by atoms with Crippen molar-refractivity contribution >= 4 is 0 Å². The van der Waals surface area contributed by atoms with Crippen molar-refractivity contribution in [2.45, 2.75) is 82.7 Å². The smallest absolute Gasteiger partial charge is 0.0362 e. The molecule has 0 aromatic rings. The zero-order valence-electron chi connectivity index (χ0n) is 13.3. The topological polar surface area (TPSA) is 15.3 Å². The summed E-state index contributed by atoms with van der Waals surface area (Å²) in [7, 11) is 0. The Morgan fingerprint density at radius 1 is 1.15 bits per heavy atom. The first-order valence-corrected chi connectivity index (χ1v) is 8.75. The molecule has 1 aliphatic heterocycles. The lowest BCUT2D eigenvalue weighted by Crippen LogP contribution is -2.61. The van der Waals surface area contributed by atoms with Crippen molar-refractivity contribution < 1.29 is 0 Å². The van der Waals surface area contributed by atoms with Gasteiger partial charge in [0.2, 0.25) is 0 Å². The van der Waals surface area contributed by atoms with Gasteiger partial charge in [0.1, 0.15) is 0 Å². The maximum absolute atomic E-state index is 5.53. The van der Waals surface area contributed by atoms with Gasteiger partial charge in [-0.3, -0.25) is 4.90 Å². The monoisotopic (exact) mass is 276 g/mol. The minimum absolute atomic E-state index is 0.409. The second kappa shape index (κ2) is 8.05. The van der Waals surface area contributed by atoms with Gasteiger partial charge in [0.15, 0.2) is 0 Å². The Kier molecular flexibility index (Phi) is 6.39. The van der Waals surface area contributed by atoms with Crippen LogP contribution >= 0.6 is 0 Å². The van der Waals surface area contributed by atoms with E-state index in [9.17, 15) is 0 Å². The van der Waals surface area contributed by atoms with E-state index < -0.39 is 0 Å². The molecule has 2 nitrogen and oxygen atoms in total. The number of piperidine rings is 1. The first kappa shape index (κ1) is 15.9. The standard InChI is InChI=1S/C18H32N2/c1-3-5-11-17(19-14-4-2)18(12-7-8-13-18)20-15-9-6-10-16-20/h1,17,19H,4-16H2,2H3. The molecule has 0 aromatic heterocycles. The molecule has 20 heavy (non-hydrogen) atoms. The third-order valence-corrected chi connectivity index (χ3v) is 5.32. The fourth-order valence-corrected chi connectivity index (χ4v) is 4.32. The maximum Gasteiger partial charge on any atom is 0.0362 e. The van der Waals surface area contributed by atoms with Crippen LogP contribution in [0.4, 0.5) is 0 Å². The summed E-state index contributed by atoms with van der Waals surface area (Å²) in [6, 6.07) is 0.596. The minimum atomic E-state index is 0.409. The van der Waals surface area contributed by atoms with Gasteiger partial charge < -0.3 is 5.32 Å². The molecule has 1 atom stereocenters. The fourth-order valence-electron chi connectivity index (χ4n) is 4.32. The highest BCUT2D eigenvalue weighted by Crippen LogP contribution is 2.41. The molecule has 2 fully saturated rings. The van der Waals surface area contributed by atoms with Crippen LogP contribution in [0.5, 0.6) is 0 Å². The molecule has 1 saturated heterocycles. The SMILES string of the molecule is C#CCCC(NCCC)C1(N2CCCCC2)CCCC1. The molecule has 0 amide bonds. The molecule has 1 aliphatic carbocycles. The molecule has 1 heterocycles. The Hall–Kier alpha value is -0.520. The summed E-state index contributed by atoms with van der Waals surface area (Å²) < 4.78 is 0. The van der Waals surface area contributed by atoms with E-state index in [-0.39, 0.29) is 0 Å². The van der Waals surface area contributed by atoms with Crippen LogP contribution in [-0.2, 0) is 0 Å². The van der Waals surface area contributed by atoms with Gasteiger partial charge >= 0.3 is 0 Å². The number of likely N-dealkylation sites (tertiary alicyclic amines) is 1. The van der Waals surface area contributed by atoms with Gasteiger partial charge in [0, 0.05) is 18.0 Å². The van der Waals surface area contributed by atoms with Gasteiger partial charge in [-0.15, -0.1) is 12.3 Å². The van der Waals surface area contributed by atoms with Gasteiger partial charge in [0.25, 0.3) is 0 Å². The van der Waals surface area contributed by atoms with Crippen molar-refractivity contribution in [2.75, 3.05) is 19.6 Å². The molecular weight excluding hydrogens is 244 g/mol. The summed E-state index contributed by atoms with van der Waals surface area (Å²) in [5.41, 5.74) is 0.409. The summed E-state index contributed by atoms with van der Waals surface area (Å²) in [5, 5.41) is 3.85. The largest absolute Gasteiger partial charge is 0.312 e. The molecule has 2 heteroatoms. The molecule has 0 radical (unpaired) electrons. The zero-order chi connectivity index (χ0) is 14.3. The Balaban J connectivity index is 2.11. The molecular formula is C18H32N2. The molecule has 2 aliphatic rings. The lowest BCUT2D eigenvalue weighted by molar-refractivity contribution is 0.0344. The van der Waals surface area contributed by atoms with Crippen LogP contribution in [0.15, 0.2) is 0 Å². The predicted octanol–water partition coefficient (Wildman–Crippen LogP) is 3.57. The van der Waals surface area contributed by atoms with Crippen LogP contribution in [0.2, 0.25) is 0 Å². The van der Waals surface area contributed by atoms with Gasteiger partial charge in [-0.05, 0) is 58.2 Å². The van der Waals surface area contributed by atoms with Gasteiger partial charge in [-0.2, -0.15) is 0 Å². The minimum Gasteiger partial charge on any atom is -0.312 e. The lowest BCUT2D eigenvalue weighted by atomic mass is 9.82. The van der Waals surface area contributed by atoms with Gasteiger partial charge in [-0.1, -0.05) is 26.2 Å². The highest BCUT2D eigenvalue weighted by atomic mass is 15.2. The molecule has 0 aromatic carbocycles. The third-order valence-electron chi connectivity index (χ3n) is 5.32. The predicted molar refractivity (Wildman–Crippen MR) is 86.8 cm³/mol.